The molecule has 0 spiro atoms. The maximum atomic E-state index is 12.5. The number of thioether (sulfide) groups is 1. The molecule has 0 radical (unpaired) electrons. The van der Waals surface area contributed by atoms with Crippen molar-refractivity contribution in [2.45, 2.75) is 18.7 Å². The summed E-state index contributed by atoms with van der Waals surface area (Å²) < 4.78 is 25.5. The second-order valence-electron chi connectivity index (χ2n) is 6.18. The van der Waals surface area contributed by atoms with Crippen LogP contribution in [0, 0.1) is 0 Å². The molecule has 5 nitrogen and oxygen atoms in total. The number of anilines is 1. The Kier molecular flexibility index (Phi) is 8.49. The Morgan fingerprint density at radius 2 is 1.82 bits per heavy atom. The smallest absolute Gasteiger partial charge is 0.243 e. The van der Waals surface area contributed by atoms with Crippen LogP contribution in [0.2, 0.25) is 10.0 Å². The van der Waals surface area contributed by atoms with Crippen molar-refractivity contribution in [1.82, 2.24) is 5.32 Å². The van der Waals surface area contributed by atoms with Gasteiger partial charge in [0.2, 0.25) is 15.9 Å². The molecule has 9 heteroatoms. The van der Waals surface area contributed by atoms with E-state index in [-0.39, 0.29) is 5.91 Å². The minimum Gasteiger partial charge on any atom is -0.353 e. The highest BCUT2D eigenvalue weighted by molar-refractivity contribution is 7.98. The molecule has 0 aliphatic heterocycles. The average molecular weight is 461 g/mol. The van der Waals surface area contributed by atoms with Gasteiger partial charge in [-0.3, -0.25) is 9.10 Å². The van der Waals surface area contributed by atoms with Crippen LogP contribution in [0.1, 0.15) is 12.5 Å². The molecular formula is C19H22Cl2N2O3S2. The van der Waals surface area contributed by atoms with E-state index in [9.17, 15) is 13.2 Å². The number of hydrogen-bond donors (Lipinski definition) is 1. The van der Waals surface area contributed by atoms with Gasteiger partial charge in [-0.15, -0.1) is 0 Å². The van der Waals surface area contributed by atoms with E-state index in [1.807, 2.05) is 24.3 Å². The molecule has 1 atom stereocenters. The highest BCUT2D eigenvalue weighted by Crippen LogP contribution is 2.23. The van der Waals surface area contributed by atoms with Crippen LogP contribution in [0.3, 0.4) is 0 Å². The molecule has 152 valence electrons. The van der Waals surface area contributed by atoms with E-state index < -0.39 is 16.1 Å². The fraction of sp³-hybridized carbons (Fsp3) is 0.316. The number of nitrogens with zero attached hydrogens (tertiary/aromatic N) is 1. The van der Waals surface area contributed by atoms with Gasteiger partial charge in [-0.25, -0.2) is 8.42 Å². The Balaban J connectivity index is 1.89. The van der Waals surface area contributed by atoms with Crippen molar-refractivity contribution in [1.29, 1.82) is 0 Å². The van der Waals surface area contributed by atoms with Crippen molar-refractivity contribution < 1.29 is 13.2 Å². The molecule has 2 aromatic carbocycles. The maximum absolute atomic E-state index is 12.5. The number of sulfonamides is 1. The van der Waals surface area contributed by atoms with Crippen molar-refractivity contribution in [2.75, 3.05) is 22.9 Å². The molecule has 0 bridgehead atoms. The minimum atomic E-state index is -3.64. The number of amides is 1. The van der Waals surface area contributed by atoms with Gasteiger partial charge in [0.15, 0.2) is 0 Å². The van der Waals surface area contributed by atoms with Crippen molar-refractivity contribution in [3.05, 3.63) is 64.1 Å². The van der Waals surface area contributed by atoms with Crippen LogP contribution >= 0.6 is 35.0 Å². The predicted molar refractivity (Wildman–Crippen MR) is 119 cm³/mol. The van der Waals surface area contributed by atoms with Crippen molar-refractivity contribution in [2.24, 2.45) is 0 Å². The molecule has 0 saturated heterocycles. The number of nitrogens with one attached hydrogen (secondary N) is 1. The summed E-state index contributed by atoms with van der Waals surface area (Å²) in [5.41, 5.74) is 1.51. The van der Waals surface area contributed by atoms with E-state index >= 15 is 0 Å². The van der Waals surface area contributed by atoms with Gasteiger partial charge in [-0.1, -0.05) is 35.3 Å². The van der Waals surface area contributed by atoms with E-state index in [2.05, 4.69) is 5.32 Å². The fourth-order valence-electron chi connectivity index (χ4n) is 2.61. The molecule has 0 heterocycles. The number of halogens is 2. The van der Waals surface area contributed by atoms with Crippen molar-refractivity contribution >= 4 is 56.6 Å². The Morgan fingerprint density at radius 1 is 1.14 bits per heavy atom. The van der Waals surface area contributed by atoms with Gasteiger partial charge in [-0.05, 0) is 48.9 Å². The van der Waals surface area contributed by atoms with Crippen LogP contribution in [0.5, 0.6) is 0 Å². The van der Waals surface area contributed by atoms with Crippen molar-refractivity contribution in [3.63, 3.8) is 0 Å². The van der Waals surface area contributed by atoms with E-state index in [0.29, 0.717) is 28.0 Å². The first-order chi connectivity index (χ1) is 13.2. The number of benzene rings is 2. The molecular weight excluding hydrogens is 439 g/mol. The highest BCUT2D eigenvalue weighted by atomic mass is 35.5. The zero-order chi connectivity index (χ0) is 20.7. The third-order valence-electron chi connectivity index (χ3n) is 3.87. The molecule has 28 heavy (non-hydrogen) atoms. The van der Waals surface area contributed by atoms with Crippen LogP contribution in [-0.4, -0.2) is 38.9 Å². The Morgan fingerprint density at radius 3 is 2.43 bits per heavy atom. The van der Waals surface area contributed by atoms with Crippen LogP contribution < -0.4 is 9.62 Å². The lowest BCUT2D eigenvalue weighted by atomic mass is 10.2. The summed E-state index contributed by atoms with van der Waals surface area (Å²) in [5, 5.41) is 3.98. The zero-order valence-corrected chi connectivity index (χ0v) is 18.7. The molecule has 0 saturated carbocycles. The minimum absolute atomic E-state index is 0.358. The standard InChI is InChI=1S/C19H22Cl2N2O3S2/c1-14(23(28(2,25)26)18-8-6-16(20)7-9-18)19(24)22-10-11-27-13-15-4-3-5-17(21)12-15/h3-9,12,14H,10-11,13H2,1-2H3,(H,22,24)/t14-/m1/s1. The van der Waals surface area contributed by atoms with Gasteiger partial charge in [0.1, 0.15) is 6.04 Å². The second kappa shape index (κ2) is 10.4. The first-order valence-electron chi connectivity index (χ1n) is 8.53. The molecule has 0 unspecified atom stereocenters. The average Bonchev–Trinajstić information content (AvgIpc) is 2.62. The Bertz CT molecular complexity index is 906. The molecule has 2 aromatic rings. The predicted octanol–water partition coefficient (Wildman–Crippen LogP) is 4.20. The number of hydrogen-bond acceptors (Lipinski definition) is 4. The largest absolute Gasteiger partial charge is 0.353 e. The maximum Gasteiger partial charge on any atom is 0.243 e. The third-order valence-corrected chi connectivity index (χ3v) is 6.63. The van der Waals surface area contributed by atoms with Gasteiger partial charge in [0.25, 0.3) is 0 Å². The van der Waals surface area contributed by atoms with Crippen LogP contribution in [0.15, 0.2) is 48.5 Å². The summed E-state index contributed by atoms with van der Waals surface area (Å²) >= 11 is 13.5. The number of carbonyl (C=O) groups is 1. The van der Waals surface area contributed by atoms with Crippen LogP contribution in [0.4, 0.5) is 5.69 Å². The Labute approximate surface area is 180 Å². The number of rotatable bonds is 9. The summed E-state index contributed by atoms with van der Waals surface area (Å²) in [4.78, 5) is 12.5. The quantitative estimate of drug-likeness (QED) is 0.569. The first-order valence-corrected chi connectivity index (χ1v) is 12.3. The monoisotopic (exact) mass is 460 g/mol. The summed E-state index contributed by atoms with van der Waals surface area (Å²) in [5.74, 6) is 1.13. The first kappa shape index (κ1) is 22.9. The lowest BCUT2D eigenvalue weighted by Gasteiger charge is -2.28. The molecule has 0 aliphatic rings. The zero-order valence-electron chi connectivity index (χ0n) is 15.6. The van der Waals surface area contributed by atoms with E-state index in [1.165, 1.54) is 0 Å². The van der Waals surface area contributed by atoms with Gasteiger partial charge < -0.3 is 5.32 Å². The molecule has 1 amide bonds. The SMILES string of the molecule is C[C@H](C(=O)NCCSCc1cccc(Cl)c1)N(c1ccc(Cl)cc1)S(C)(=O)=O. The number of carbonyl (C=O) groups excluding carboxylic acids is 1. The lowest BCUT2D eigenvalue weighted by molar-refractivity contribution is -0.121. The summed E-state index contributed by atoms with van der Waals surface area (Å²) in [7, 11) is -3.64. The van der Waals surface area contributed by atoms with Gasteiger partial charge >= 0.3 is 0 Å². The lowest BCUT2D eigenvalue weighted by Crippen LogP contribution is -2.48. The summed E-state index contributed by atoms with van der Waals surface area (Å²) in [6.07, 6.45) is 1.08. The molecule has 2 rings (SSSR count). The van der Waals surface area contributed by atoms with Crippen LogP contribution in [-0.2, 0) is 20.6 Å². The summed E-state index contributed by atoms with van der Waals surface area (Å²) in [6.45, 7) is 2.00. The third kappa shape index (κ3) is 6.88. The van der Waals surface area contributed by atoms with Crippen molar-refractivity contribution in [3.8, 4) is 0 Å². The topological polar surface area (TPSA) is 66.5 Å². The molecule has 0 aliphatic carbocycles. The Hall–Kier alpha value is -1.41. The fourth-order valence-corrected chi connectivity index (χ4v) is 4.93. The molecule has 0 aromatic heterocycles. The van der Waals surface area contributed by atoms with E-state index in [0.717, 1.165) is 21.9 Å². The molecule has 0 fully saturated rings. The van der Waals surface area contributed by atoms with E-state index in [4.69, 9.17) is 23.2 Å². The molecule has 1 N–H and O–H groups in total. The van der Waals surface area contributed by atoms with Crippen LogP contribution in [0.25, 0.3) is 0 Å². The van der Waals surface area contributed by atoms with Gasteiger partial charge in [0.05, 0.1) is 11.9 Å². The van der Waals surface area contributed by atoms with Gasteiger partial charge in [0, 0.05) is 28.1 Å². The highest BCUT2D eigenvalue weighted by Gasteiger charge is 2.28. The van der Waals surface area contributed by atoms with Gasteiger partial charge in [-0.2, -0.15) is 11.8 Å². The second-order valence-corrected chi connectivity index (χ2v) is 10.0. The summed E-state index contributed by atoms with van der Waals surface area (Å²) in [6, 6.07) is 13.1. The van der Waals surface area contributed by atoms with E-state index in [1.54, 1.807) is 43.0 Å². The normalized spacial score (nSPS) is 12.4.